The van der Waals surface area contributed by atoms with E-state index in [1.54, 1.807) is 0 Å². The number of rotatable bonds is 5. The van der Waals surface area contributed by atoms with Crippen molar-refractivity contribution in [1.82, 2.24) is 0 Å². The van der Waals surface area contributed by atoms with Crippen molar-refractivity contribution < 1.29 is 4.74 Å². The van der Waals surface area contributed by atoms with Crippen LogP contribution in [0, 0.1) is 6.92 Å². The zero-order chi connectivity index (χ0) is 12.8. The molecule has 2 heteroatoms. The van der Waals surface area contributed by atoms with Gasteiger partial charge in [0.2, 0.25) is 0 Å². The van der Waals surface area contributed by atoms with E-state index < -0.39 is 0 Å². The fraction of sp³-hybridized carbons (Fsp3) is 0.250. The van der Waals surface area contributed by atoms with Crippen molar-refractivity contribution >= 4 is 0 Å². The van der Waals surface area contributed by atoms with Gasteiger partial charge in [-0.1, -0.05) is 48.0 Å². The fourth-order valence-corrected chi connectivity index (χ4v) is 1.91. The molecule has 2 rings (SSSR count). The van der Waals surface area contributed by atoms with Gasteiger partial charge < -0.3 is 10.5 Å². The largest absolute Gasteiger partial charge is 0.493 e. The molecule has 2 aromatic carbocycles. The van der Waals surface area contributed by atoms with Gasteiger partial charge in [0.15, 0.2) is 0 Å². The predicted molar refractivity (Wildman–Crippen MR) is 75.8 cm³/mol. The summed E-state index contributed by atoms with van der Waals surface area (Å²) in [6, 6.07) is 16.6. The van der Waals surface area contributed by atoms with Gasteiger partial charge in [0.05, 0.1) is 6.61 Å². The summed E-state index contributed by atoms with van der Waals surface area (Å²) in [4.78, 5) is 0. The highest BCUT2D eigenvalue weighted by Gasteiger charge is 2.05. The molecule has 18 heavy (non-hydrogen) atoms. The summed E-state index contributed by atoms with van der Waals surface area (Å²) in [5.41, 5.74) is 9.07. The highest BCUT2D eigenvalue weighted by molar-refractivity contribution is 5.70. The Morgan fingerprint density at radius 2 is 1.89 bits per heavy atom. The Morgan fingerprint density at radius 1 is 1.06 bits per heavy atom. The lowest BCUT2D eigenvalue weighted by atomic mass is 10.0. The maximum Gasteiger partial charge on any atom is 0.127 e. The summed E-state index contributed by atoms with van der Waals surface area (Å²) in [7, 11) is 0. The molecule has 0 saturated carbocycles. The fourth-order valence-electron chi connectivity index (χ4n) is 1.91. The van der Waals surface area contributed by atoms with Crippen LogP contribution >= 0.6 is 0 Å². The van der Waals surface area contributed by atoms with Crippen molar-refractivity contribution in [2.75, 3.05) is 13.2 Å². The lowest BCUT2D eigenvalue weighted by Gasteiger charge is -2.11. The second kappa shape index (κ2) is 6.22. The highest BCUT2D eigenvalue weighted by Crippen LogP contribution is 2.30. The first-order chi connectivity index (χ1) is 8.81. The summed E-state index contributed by atoms with van der Waals surface area (Å²) in [5, 5.41) is 0. The Balaban J connectivity index is 2.27. The van der Waals surface area contributed by atoms with Crippen molar-refractivity contribution in [3.8, 4) is 16.9 Å². The zero-order valence-electron chi connectivity index (χ0n) is 10.7. The second-order valence-corrected chi connectivity index (χ2v) is 4.36. The van der Waals surface area contributed by atoms with Crippen LogP contribution in [0.2, 0.25) is 0 Å². The van der Waals surface area contributed by atoms with Crippen LogP contribution in [0.5, 0.6) is 5.75 Å². The topological polar surface area (TPSA) is 35.2 Å². The van der Waals surface area contributed by atoms with Crippen molar-refractivity contribution in [2.24, 2.45) is 5.73 Å². The smallest absolute Gasteiger partial charge is 0.127 e. The molecular formula is C16H19NO. The van der Waals surface area contributed by atoms with Gasteiger partial charge in [0.25, 0.3) is 0 Å². The molecule has 0 amide bonds. The van der Waals surface area contributed by atoms with E-state index >= 15 is 0 Å². The highest BCUT2D eigenvalue weighted by atomic mass is 16.5. The Bertz CT molecular complexity index is 508. The standard InChI is InChI=1S/C16H19NO/c1-13-6-4-7-14(12-13)15-8-2-3-9-16(15)18-11-5-10-17/h2-4,6-9,12H,5,10-11,17H2,1H3. The molecule has 0 heterocycles. The number of benzene rings is 2. The summed E-state index contributed by atoms with van der Waals surface area (Å²) in [6.45, 7) is 3.42. The van der Waals surface area contributed by atoms with Crippen LogP contribution in [0.25, 0.3) is 11.1 Å². The number of hydrogen-bond acceptors (Lipinski definition) is 2. The summed E-state index contributed by atoms with van der Waals surface area (Å²) >= 11 is 0. The molecule has 0 aliphatic heterocycles. The molecule has 0 spiro atoms. The summed E-state index contributed by atoms with van der Waals surface area (Å²) in [6.07, 6.45) is 0.877. The lowest BCUT2D eigenvalue weighted by Crippen LogP contribution is -2.06. The van der Waals surface area contributed by atoms with Crippen LogP contribution in [0.3, 0.4) is 0 Å². The van der Waals surface area contributed by atoms with E-state index in [0.29, 0.717) is 13.2 Å². The van der Waals surface area contributed by atoms with Crippen LogP contribution in [-0.2, 0) is 0 Å². The predicted octanol–water partition coefficient (Wildman–Crippen LogP) is 3.39. The lowest BCUT2D eigenvalue weighted by molar-refractivity contribution is 0.314. The normalized spacial score (nSPS) is 10.3. The van der Waals surface area contributed by atoms with Crippen LogP contribution in [0.15, 0.2) is 48.5 Å². The minimum Gasteiger partial charge on any atom is -0.493 e. The quantitative estimate of drug-likeness (QED) is 0.814. The molecule has 0 aliphatic carbocycles. The minimum atomic E-state index is 0.659. The Kier molecular flexibility index (Phi) is 4.37. The molecule has 0 saturated heterocycles. The molecule has 0 radical (unpaired) electrons. The average molecular weight is 241 g/mol. The van der Waals surface area contributed by atoms with E-state index in [-0.39, 0.29) is 0 Å². The molecule has 0 aliphatic rings. The summed E-state index contributed by atoms with van der Waals surface area (Å²) < 4.78 is 5.79. The molecule has 94 valence electrons. The molecule has 0 atom stereocenters. The first-order valence-corrected chi connectivity index (χ1v) is 6.30. The van der Waals surface area contributed by atoms with Gasteiger partial charge >= 0.3 is 0 Å². The first-order valence-electron chi connectivity index (χ1n) is 6.30. The number of ether oxygens (including phenoxy) is 1. The van der Waals surface area contributed by atoms with E-state index in [1.165, 1.54) is 11.1 Å². The van der Waals surface area contributed by atoms with E-state index in [4.69, 9.17) is 10.5 Å². The van der Waals surface area contributed by atoms with Crippen molar-refractivity contribution in [1.29, 1.82) is 0 Å². The third-order valence-corrected chi connectivity index (χ3v) is 2.82. The minimum absolute atomic E-state index is 0.659. The van der Waals surface area contributed by atoms with Crippen LogP contribution in [0.1, 0.15) is 12.0 Å². The Hall–Kier alpha value is -1.80. The maximum absolute atomic E-state index is 5.79. The first kappa shape index (κ1) is 12.7. The summed E-state index contributed by atoms with van der Waals surface area (Å²) in [5.74, 6) is 0.927. The van der Waals surface area contributed by atoms with Gasteiger partial charge in [-0.15, -0.1) is 0 Å². The second-order valence-electron chi connectivity index (χ2n) is 4.36. The van der Waals surface area contributed by atoms with Gasteiger partial charge in [-0.05, 0) is 31.5 Å². The van der Waals surface area contributed by atoms with Gasteiger partial charge in [0, 0.05) is 5.56 Å². The molecule has 0 fully saturated rings. The molecule has 2 nitrogen and oxygen atoms in total. The number of aryl methyl sites for hydroxylation is 1. The maximum atomic E-state index is 5.79. The van der Waals surface area contributed by atoms with Crippen LogP contribution < -0.4 is 10.5 Å². The average Bonchev–Trinajstić information content (AvgIpc) is 2.40. The van der Waals surface area contributed by atoms with Crippen molar-refractivity contribution in [3.05, 3.63) is 54.1 Å². The molecule has 2 N–H and O–H groups in total. The van der Waals surface area contributed by atoms with E-state index in [2.05, 4.69) is 37.3 Å². The van der Waals surface area contributed by atoms with Gasteiger partial charge in [-0.3, -0.25) is 0 Å². The van der Waals surface area contributed by atoms with Crippen molar-refractivity contribution in [3.63, 3.8) is 0 Å². The van der Waals surface area contributed by atoms with E-state index in [9.17, 15) is 0 Å². The van der Waals surface area contributed by atoms with Gasteiger partial charge in [-0.25, -0.2) is 0 Å². The van der Waals surface area contributed by atoms with Crippen molar-refractivity contribution in [2.45, 2.75) is 13.3 Å². The molecule has 0 unspecified atom stereocenters. The van der Waals surface area contributed by atoms with Gasteiger partial charge in [0.1, 0.15) is 5.75 Å². The van der Waals surface area contributed by atoms with E-state index in [0.717, 1.165) is 17.7 Å². The van der Waals surface area contributed by atoms with Crippen LogP contribution in [0.4, 0.5) is 0 Å². The molecule has 0 aromatic heterocycles. The zero-order valence-corrected chi connectivity index (χ0v) is 10.7. The molecule has 0 bridgehead atoms. The monoisotopic (exact) mass is 241 g/mol. The third kappa shape index (κ3) is 3.11. The van der Waals surface area contributed by atoms with Gasteiger partial charge in [-0.2, -0.15) is 0 Å². The third-order valence-electron chi connectivity index (χ3n) is 2.82. The Morgan fingerprint density at radius 3 is 2.67 bits per heavy atom. The van der Waals surface area contributed by atoms with E-state index in [1.807, 2.05) is 18.2 Å². The Labute approximate surface area is 108 Å². The molecular weight excluding hydrogens is 222 g/mol. The SMILES string of the molecule is Cc1cccc(-c2ccccc2OCCCN)c1. The number of hydrogen-bond donors (Lipinski definition) is 1. The number of para-hydroxylation sites is 1. The van der Waals surface area contributed by atoms with Crippen LogP contribution in [-0.4, -0.2) is 13.2 Å². The number of nitrogens with two attached hydrogens (primary N) is 1. The molecule has 2 aromatic rings.